The van der Waals surface area contributed by atoms with Crippen molar-refractivity contribution >= 4 is 39.4 Å². The number of fused-ring (bicyclic) bond motifs is 3. The quantitative estimate of drug-likeness (QED) is 0.236. The largest absolute Gasteiger partial charge is 0.437 e. The van der Waals surface area contributed by atoms with E-state index in [0.717, 1.165) is 45.0 Å². The first-order chi connectivity index (χ1) is 15.5. The zero-order valence-corrected chi connectivity index (χ0v) is 19.5. The Morgan fingerprint density at radius 2 is 1.81 bits per heavy atom. The third-order valence-electron chi connectivity index (χ3n) is 5.73. The van der Waals surface area contributed by atoms with E-state index in [-0.39, 0.29) is 0 Å². The van der Waals surface area contributed by atoms with Crippen LogP contribution in [0.4, 0.5) is 0 Å². The summed E-state index contributed by atoms with van der Waals surface area (Å²) >= 11 is 0. The number of nitrogens with zero attached hydrogens (tertiary/aromatic N) is 2. The minimum absolute atomic E-state index is 0.651. The fourth-order valence-electron chi connectivity index (χ4n) is 4.22. The first kappa shape index (κ1) is 21.8. The van der Waals surface area contributed by atoms with E-state index in [2.05, 4.69) is 92.3 Å². The van der Waals surface area contributed by atoms with E-state index in [1.165, 1.54) is 11.1 Å². The summed E-state index contributed by atoms with van der Waals surface area (Å²) in [7, 11) is 1.81. The molecule has 0 atom stereocenters. The molecule has 0 radical (unpaired) electrons. The number of furan rings is 1. The summed E-state index contributed by atoms with van der Waals surface area (Å²) < 4.78 is 6.17. The van der Waals surface area contributed by atoms with Gasteiger partial charge >= 0.3 is 0 Å². The predicted octanol–water partition coefficient (Wildman–Crippen LogP) is 7.68. The number of hydrogen-bond donors (Lipinski definition) is 0. The van der Waals surface area contributed by atoms with E-state index in [0.29, 0.717) is 11.6 Å². The van der Waals surface area contributed by atoms with Crippen molar-refractivity contribution in [3.63, 3.8) is 0 Å². The number of benzene rings is 2. The van der Waals surface area contributed by atoms with Crippen LogP contribution in [0.25, 0.3) is 33.2 Å². The molecule has 4 rings (SSSR count). The molecule has 0 fully saturated rings. The summed E-state index contributed by atoms with van der Waals surface area (Å²) in [6.45, 7) is 8.75. The van der Waals surface area contributed by atoms with Gasteiger partial charge in [0.2, 0.25) is 5.71 Å². The Balaban J connectivity index is 1.75. The molecule has 0 saturated carbocycles. The number of allylic oxidation sites excluding steroid dienone is 4. The molecule has 32 heavy (non-hydrogen) atoms. The van der Waals surface area contributed by atoms with Crippen LogP contribution in [0, 0.1) is 12.8 Å². The topological polar surface area (TPSA) is 38.4 Å². The van der Waals surface area contributed by atoms with Crippen LogP contribution in [0.2, 0.25) is 0 Å². The van der Waals surface area contributed by atoms with Crippen molar-refractivity contribution in [3.8, 4) is 0 Å². The van der Waals surface area contributed by atoms with Gasteiger partial charge in [0.1, 0.15) is 5.58 Å². The van der Waals surface area contributed by atoms with E-state index in [4.69, 9.17) is 4.42 Å². The summed E-state index contributed by atoms with van der Waals surface area (Å²) in [5, 5.41) is 2.15. The van der Waals surface area contributed by atoms with Crippen LogP contribution in [0.3, 0.4) is 0 Å². The van der Waals surface area contributed by atoms with Crippen LogP contribution in [-0.2, 0) is 6.42 Å². The lowest BCUT2D eigenvalue weighted by atomic mass is 9.97. The fourth-order valence-corrected chi connectivity index (χ4v) is 4.22. The minimum Gasteiger partial charge on any atom is -0.437 e. The fraction of sp³-hybridized carbons (Fsp3) is 0.241. The molecule has 0 bridgehead atoms. The zero-order chi connectivity index (χ0) is 22.7. The smallest absolute Gasteiger partial charge is 0.227 e. The highest BCUT2D eigenvalue weighted by Gasteiger charge is 2.14. The number of rotatable bonds is 6. The Bertz CT molecular complexity index is 1340. The van der Waals surface area contributed by atoms with Gasteiger partial charge in [-0.15, -0.1) is 0 Å². The monoisotopic (exact) mass is 422 g/mol. The highest BCUT2D eigenvalue weighted by molar-refractivity contribution is 6.11. The highest BCUT2D eigenvalue weighted by atomic mass is 16.3. The van der Waals surface area contributed by atoms with Crippen LogP contribution in [0.15, 0.2) is 76.3 Å². The zero-order valence-electron chi connectivity index (χ0n) is 19.5. The van der Waals surface area contributed by atoms with Crippen molar-refractivity contribution < 1.29 is 4.42 Å². The van der Waals surface area contributed by atoms with Gasteiger partial charge in [-0.2, -0.15) is 0 Å². The number of hydrogen-bond acceptors (Lipinski definition) is 3. The van der Waals surface area contributed by atoms with Gasteiger partial charge in [0.25, 0.3) is 0 Å². The third kappa shape index (κ3) is 4.43. The number of aromatic nitrogens is 1. The molecule has 0 aliphatic heterocycles. The summed E-state index contributed by atoms with van der Waals surface area (Å²) in [5.41, 5.74) is 8.63. The van der Waals surface area contributed by atoms with Gasteiger partial charge in [-0.3, -0.25) is 4.99 Å². The third-order valence-corrected chi connectivity index (χ3v) is 5.73. The molecule has 0 saturated heterocycles. The summed E-state index contributed by atoms with van der Waals surface area (Å²) in [6.07, 6.45) is 9.07. The Morgan fingerprint density at radius 3 is 2.53 bits per heavy atom. The van der Waals surface area contributed by atoms with Gasteiger partial charge in [-0.1, -0.05) is 62.4 Å². The summed E-state index contributed by atoms with van der Waals surface area (Å²) in [6, 6.07) is 17.1. The Kier molecular flexibility index (Phi) is 6.36. The lowest BCUT2D eigenvalue weighted by Crippen LogP contribution is -1.94. The maximum Gasteiger partial charge on any atom is 0.227 e. The average Bonchev–Trinajstić information content (AvgIpc) is 3.15. The first-order valence-electron chi connectivity index (χ1n) is 11.1. The van der Waals surface area contributed by atoms with E-state index < -0.39 is 0 Å². The van der Waals surface area contributed by atoms with Gasteiger partial charge in [0.15, 0.2) is 0 Å². The molecule has 3 heteroatoms. The normalized spacial score (nSPS) is 13.2. The Labute approximate surface area is 190 Å². The maximum absolute atomic E-state index is 6.17. The number of aryl methyl sites for hydroxylation is 1. The Morgan fingerprint density at radius 1 is 1.03 bits per heavy atom. The molecule has 0 amide bonds. The van der Waals surface area contributed by atoms with Crippen LogP contribution >= 0.6 is 0 Å². The molecule has 4 aromatic rings. The minimum atomic E-state index is 0.651. The van der Waals surface area contributed by atoms with E-state index in [9.17, 15) is 0 Å². The summed E-state index contributed by atoms with van der Waals surface area (Å²) in [5.74, 6) is 0.651. The second-order valence-corrected chi connectivity index (χ2v) is 8.75. The second-order valence-electron chi connectivity index (χ2n) is 8.75. The van der Waals surface area contributed by atoms with Crippen molar-refractivity contribution in [2.24, 2.45) is 10.9 Å². The molecular weight excluding hydrogens is 392 g/mol. The Hall–Kier alpha value is -3.46. The lowest BCUT2D eigenvalue weighted by Gasteiger charge is -2.08. The van der Waals surface area contributed by atoms with E-state index in [1.807, 2.05) is 19.3 Å². The van der Waals surface area contributed by atoms with Gasteiger partial charge in [-0.25, -0.2) is 4.98 Å². The molecule has 2 aromatic carbocycles. The SMILES string of the molecule is C/N=C/C(=C\C=C(/C)c1c(C)ccc2c1oc1ncccc12)c1ccc(CC(C)C)cc1. The van der Waals surface area contributed by atoms with E-state index >= 15 is 0 Å². The molecule has 0 spiro atoms. The molecular formula is C29H30N2O. The summed E-state index contributed by atoms with van der Waals surface area (Å²) in [4.78, 5) is 8.68. The van der Waals surface area contributed by atoms with Crippen LogP contribution in [-0.4, -0.2) is 18.2 Å². The van der Waals surface area contributed by atoms with Gasteiger partial charge in [0, 0.05) is 35.8 Å². The molecule has 162 valence electrons. The van der Waals surface area contributed by atoms with Gasteiger partial charge in [-0.05, 0) is 66.2 Å². The molecule has 0 unspecified atom stereocenters. The van der Waals surface area contributed by atoms with Crippen LogP contribution < -0.4 is 0 Å². The first-order valence-corrected chi connectivity index (χ1v) is 11.1. The highest BCUT2D eigenvalue weighted by Crippen LogP contribution is 2.34. The van der Waals surface area contributed by atoms with Crippen molar-refractivity contribution in [2.75, 3.05) is 7.05 Å². The van der Waals surface area contributed by atoms with Gasteiger partial charge in [0.05, 0.1) is 0 Å². The second kappa shape index (κ2) is 9.35. The van der Waals surface area contributed by atoms with Crippen LogP contribution in [0.1, 0.15) is 43.0 Å². The molecule has 2 aromatic heterocycles. The number of pyridine rings is 1. The van der Waals surface area contributed by atoms with Crippen molar-refractivity contribution in [1.82, 2.24) is 4.98 Å². The van der Waals surface area contributed by atoms with Crippen molar-refractivity contribution in [3.05, 3.63) is 89.1 Å². The molecule has 0 aliphatic carbocycles. The maximum atomic E-state index is 6.17. The van der Waals surface area contributed by atoms with E-state index in [1.54, 1.807) is 6.20 Å². The van der Waals surface area contributed by atoms with Crippen molar-refractivity contribution in [1.29, 1.82) is 0 Å². The van der Waals surface area contributed by atoms with Crippen LogP contribution in [0.5, 0.6) is 0 Å². The predicted molar refractivity (Wildman–Crippen MR) is 137 cm³/mol. The molecule has 2 heterocycles. The molecule has 0 N–H and O–H groups in total. The van der Waals surface area contributed by atoms with Gasteiger partial charge < -0.3 is 4.42 Å². The van der Waals surface area contributed by atoms with Crippen molar-refractivity contribution in [2.45, 2.75) is 34.1 Å². The molecule has 0 aliphatic rings. The number of aliphatic imine (C=N–C) groups is 1. The standard InChI is InChI=1S/C29H30N2O/c1-19(2)17-22-10-13-23(14-11-22)24(18-30-5)12-8-20(3)27-21(4)9-15-25-26-7-6-16-31-29(26)32-28(25)27/h6-16,18-19H,17H2,1-5H3/b20-8+,24-12+,30-18+. The lowest BCUT2D eigenvalue weighted by molar-refractivity contribution is 0.647. The average molecular weight is 423 g/mol. The molecule has 3 nitrogen and oxygen atoms in total.